The molecule has 0 saturated carbocycles. The maximum atomic E-state index is 13.5. The van der Waals surface area contributed by atoms with E-state index in [-0.39, 0.29) is 11.3 Å². The number of amides is 1. The molecule has 1 heterocycles. The molecule has 0 fully saturated rings. The number of aryl methyl sites for hydroxylation is 2. The Hall–Kier alpha value is -2.77. The van der Waals surface area contributed by atoms with E-state index in [1.54, 1.807) is 6.92 Å². The van der Waals surface area contributed by atoms with E-state index in [1.165, 1.54) is 19.9 Å². The van der Waals surface area contributed by atoms with Gasteiger partial charge in [-0.2, -0.15) is 0 Å². The fraction of sp³-hybridized carbons (Fsp3) is 0.267. The lowest BCUT2D eigenvalue weighted by Gasteiger charge is -2.14. The summed E-state index contributed by atoms with van der Waals surface area (Å²) < 4.78 is 36.8. The van der Waals surface area contributed by atoms with Gasteiger partial charge in [-0.1, -0.05) is 11.2 Å². The molecule has 8 heteroatoms. The molecule has 23 heavy (non-hydrogen) atoms. The first-order valence-electron chi connectivity index (χ1n) is 6.70. The second-order valence-electron chi connectivity index (χ2n) is 4.83. The molecule has 1 aromatic heterocycles. The van der Waals surface area contributed by atoms with Gasteiger partial charge in [0.2, 0.25) is 0 Å². The standard InChI is InChI=1S/C15H14F2N2O4/c1-7-12(8(2)23-19-7)15(21)22-9(3)14(20)18-13-10(16)5-4-6-11(13)17/h4-6,9H,1-3H3,(H,18,20)/t9-/m1/s1. The molecule has 122 valence electrons. The third kappa shape index (κ3) is 3.53. The van der Waals surface area contributed by atoms with Crippen LogP contribution >= 0.6 is 0 Å². The monoisotopic (exact) mass is 324 g/mol. The van der Waals surface area contributed by atoms with E-state index in [0.29, 0.717) is 5.69 Å². The number of anilines is 1. The van der Waals surface area contributed by atoms with Crippen molar-refractivity contribution in [1.82, 2.24) is 5.16 Å². The number of benzene rings is 1. The predicted molar refractivity (Wildman–Crippen MR) is 75.8 cm³/mol. The van der Waals surface area contributed by atoms with Crippen LogP contribution in [-0.2, 0) is 9.53 Å². The summed E-state index contributed by atoms with van der Waals surface area (Å²) in [6.45, 7) is 4.35. The first-order valence-corrected chi connectivity index (χ1v) is 6.70. The zero-order valence-electron chi connectivity index (χ0n) is 12.6. The molecule has 1 atom stereocenters. The summed E-state index contributed by atoms with van der Waals surface area (Å²) in [5.74, 6) is -3.28. The van der Waals surface area contributed by atoms with Gasteiger partial charge in [0.1, 0.15) is 28.6 Å². The Balaban J connectivity index is 2.07. The van der Waals surface area contributed by atoms with E-state index in [4.69, 9.17) is 9.26 Å². The van der Waals surface area contributed by atoms with Crippen LogP contribution in [0.2, 0.25) is 0 Å². The van der Waals surface area contributed by atoms with E-state index in [1.807, 2.05) is 0 Å². The van der Waals surface area contributed by atoms with Crippen LogP contribution in [0.3, 0.4) is 0 Å². The fourth-order valence-electron chi connectivity index (χ4n) is 1.89. The highest BCUT2D eigenvalue weighted by atomic mass is 19.1. The fourth-order valence-corrected chi connectivity index (χ4v) is 1.89. The Bertz CT molecular complexity index is 718. The Kier molecular flexibility index (Phi) is 4.73. The van der Waals surface area contributed by atoms with Gasteiger partial charge in [0.05, 0.1) is 5.69 Å². The predicted octanol–water partition coefficient (Wildman–Crippen LogP) is 2.75. The summed E-state index contributed by atoms with van der Waals surface area (Å²) in [7, 11) is 0. The third-order valence-corrected chi connectivity index (χ3v) is 3.10. The third-order valence-electron chi connectivity index (χ3n) is 3.10. The number of hydrogen-bond acceptors (Lipinski definition) is 5. The normalized spacial score (nSPS) is 11.9. The minimum atomic E-state index is -1.27. The molecule has 0 aliphatic heterocycles. The van der Waals surface area contributed by atoms with Crippen LogP contribution in [0, 0.1) is 25.5 Å². The first-order chi connectivity index (χ1) is 10.8. The second-order valence-corrected chi connectivity index (χ2v) is 4.83. The van der Waals surface area contributed by atoms with Gasteiger partial charge >= 0.3 is 5.97 Å². The van der Waals surface area contributed by atoms with Crippen LogP contribution in [0.25, 0.3) is 0 Å². The minimum absolute atomic E-state index is 0.113. The Morgan fingerprint density at radius 3 is 2.39 bits per heavy atom. The summed E-state index contributed by atoms with van der Waals surface area (Å²) in [4.78, 5) is 23.9. The van der Waals surface area contributed by atoms with Gasteiger partial charge in [-0.25, -0.2) is 13.6 Å². The number of hydrogen-bond donors (Lipinski definition) is 1. The van der Waals surface area contributed by atoms with Gasteiger partial charge < -0.3 is 14.6 Å². The summed E-state index contributed by atoms with van der Waals surface area (Å²) in [5, 5.41) is 5.66. The lowest BCUT2D eigenvalue weighted by Crippen LogP contribution is -2.30. The van der Waals surface area contributed by atoms with E-state index >= 15 is 0 Å². The molecular formula is C15H14F2N2O4. The number of nitrogens with one attached hydrogen (secondary N) is 1. The molecule has 1 amide bonds. The summed E-state index contributed by atoms with van der Waals surface area (Å²) in [6.07, 6.45) is -1.27. The number of nitrogens with zero attached hydrogens (tertiary/aromatic N) is 1. The van der Waals surface area contributed by atoms with Crippen molar-refractivity contribution in [2.24, 2.45) is 0 Å². The van der Waals surface area contributed by atoms with Crippen LogP contribution in [0.4, 0.5) is 14.5 Å². The number of rotatable bonds is 4. The van der Waals surface area contributed by atoms with E-state index in [2.05, 4.69) is 10.5 Å². The number of para-hydroxylation sites is 1. The number of carbonyl (C=O) groups excluding carboxylic acids is 2. The maximum absolute atomic E-state index is 13.5. The molecule has 0 bridgehead atoms. The Labute approximate surface area is 130 Å². The van der Waals surface area contributed by atoms with Gasteiger partial charge in [0.25, 0.3) is 5.91 Å². The smallest absolute Gasteiger partial charge is 0.344 e. The molecule has 2 aromatic rings. The number of halogens is 2. The van der Waals surface area contributed by atoms with Crippen molar-refractivity contribution in [2.75, 3.05) is 5.32 Å². The van der Waals surface area contributed by atoms with Crippen molar-refractivity contribution in [3.05, 3.63) is 46.9 Å². The lowest BCUT2D eigenvalue weighted by atomic mass is 10.2. The molecule has 0 unspecified atom stereocenters. The van der Waals surface area contributed by atoms with Crippen LogP contribution in [-0.4, -0.2) is 23.1 Å². The molecule has 0 saturated heterocycles. The van der Waals surface area contributed by atoms with Crippen LogP contribution in [0.15, 0.2) is 22.7 Å². The van der Waals surface area contributed by atoms with Crippen LogP contribution in [0.5, 0.6) is 0 Å². The zero-order chi connectivity index (χ0) is 17.1. The number of carbonyl (C=O) groups is 2. The van der Waals surface area contributed by atoms with Crippen molar-refractivity contribution >= 4 is 17.6 Å². The maximum Gasteiger partial charge on any atom is 0.344 e. The summed E-state index contributed by atoms with van der Waals surface area (Å²) >= 11 is 0. The second kappa shape index (κ2) is 6.55. The van der Waals surface area contributed by atoms with E-state index in [9.17, 15) is 18.4 Å². The van der Waals surface area contributed by atoms with Gasteiger partial charge in [-0.3, -0.25) is 4.79 Å². The summed E-state index contributed by atoms with van der Waals surface area (Å²) in [5.41, 5.74) is -0.167. The van der Waals surface area contributed by atoms with Crippen molar-refractivity contribution < 1.29 is 27.6 Å². The topological polar surface area (TPSA) is 81.4 Å². The minimum Gasteiger partial charge on any atom is -0.449 e. The molecule has 6 nitrogen and oxygen atoms in total. The quantitative estimate of drug-likeness (QED) is 0.875. The average molecular weight is 324 g/mol. The number of aromatic nitrogens is 1. The largest absolute Gasteiger partial charge is 0.449 e. The number of ether oxygens (including phenoxy) is 1. The van der Waals surface area contributed by atoms with Crippen LogP contribution < -0.4 is 5.32 Å². The summed E-state index contributed by atoms with van der Waals surface area (Å²) in [6, 6.07) is 3.17. The van der Waals surface area contributed by atoms with Crippen molar-refractivity contribution in [2.45, 2.75) is 26.9 Å². The SMILES string of the molecule is Cc1noc(C)c1C(=O)O[C@H](C)C(=O)Nc1c(F)cccc1F. The van der Waals surface area contributed by atoms with Crippen molar-refractivity contribution in [3.8, 4) is 0 Å². The van der Waals surface area contributed by atoms with Crippen molar-refractivity contribution in [3.63, 3.8) is 0 Å². The van der Waals surface area contributed by atoms with Gasteiger partial charge in [-0.15, -0.1) is 0 Å². The van der Waals surface area contributed by atoms with Gasteiger partial charge in [0, 0.05) is 0 Å². The van der Waals surface area contributed by atoms with Gasteiger partial charge in [0.15, 0.2) is 6.10 Å². The lowest BCUT2D eigenvalue weighted by molar-refractivity contribution is -0.123. The molecule has 0 spiro atoms. The number of esters is 1. The van der Waals surface area contributed by atoms with E-state index < -0.39 is 35.3 Å². The molecule has 2 rings (SSSR count). The molecule has 0 aliphatic carbocycles. The zero-order valence-corrected chi connectivity index (χ0v) is 12.6. The molecule has 0 aliphatic rings. The highest BCUT2D eigenvalue weighted by Crippen LogP contribution is 2.19. The average Bonchev–Trinajstić information content (AvgIpc) is 2.82. The van der Waals surface area contributed by atoms with E-state index in [0.717, 1.165) is 12.1 Å². The van der Waals surface area contributed by atoms with Crippen LogP contribution in [0.1, 0.15) is 28.7 Å². The highest BCUT2D eigenvalue weighted by Gasteiger charge is 2.25. The Morgan fingerprint density at radius 1 is 1.26 bits per heavy atom. The highest BCUT2D eigenvalue weighted by molar-refractivity contribution is 5.98. The Morgan fingerprint density at radius 2 is 1.87 bits per heavy atom. The van der Waals surface area contributed by atoms with Crippen molar-refractivity contribution in [1.29, 1.82) is 0 Å². The molecule has 0 radical (unpaired) electrons. The first kappa shape index (κ1) is 16.6. The molecule has 1 N–H and O–H groups in total. The molecule has 1 aromatic carbocycles. The molecular weight excluding hydrogens is 310 g/mol. The van der Waals surface area contributed by atoms with Gasteiger partial charge in [-0.05, 0) is 32.9 Å².